The molecule has 0 amide bonds. The Labute approximate surface area is 74.9 Å². The molecule has 0 atom stereocenters. The molecule has 1 rings (SSSR count). The van der Waals surface area contributed by atoms with Crippen molar-refractivity contribution in [2.24, 2.45) is 10.8 Å². The van der Waals surface area contributed by atoms with Gasteiger partial charge in [0.15, 0.2) is 0 Å². The van der Waals surface area contributed by atoms with Crippen molar-refractivity contribution in [2.75, 3.05) is 0 Å². The minimum Gasteiger partial charge on any atom is -0.299 e. The number of carbonyl (C=O) groups excluding carboxylic acids is 1. The number of hydrogen-bond acceptors (Lipinski definition) is 1. The van der Waals surface area contributed by atoms with Crippen LogP contribution >= 0.6 is 0 Å². The molecule has 1 saturated carbocycles. The Morgan fingerprint density at radius 3 is 2.08 bits per heavy atom. The van der Waals surface area contributed by atoms with Gasteiger partial charge < -0.3 is 0 Å². The van der Waals surface area contributed by atoms with E-state index in [0.29, 0.717) is 12.2 Å². The molecule has 0 aromatic rings. The van der Waals surface area contributed by atoms with Gasteiger partial charge in [0.25, 0.3) is 0 Å². The van der Waals surface area contributed by atoms with Crippen LogP contribution in [0.25, 0.3) is 0 Å². The molecule has 12 heavy (non-hydrogen) atoms. The van der Waals surface area contributed by atoms with Gasteiger partial charge in [-0.15, -0.1) is 0 Å². The molecule has 1 fully saturated rings. The van der Waals surface area contributed by atoms with Crippen LogP contribution in [-0.4, -0.2) is 5.78 Å². The average Bonchev–Trinajstić information content (AvgIpc) is 1.82. The van der Waals surface area contributed by atoms with E-state index in [9.17, 15) is 4.79 Å². The van der Waals surface area contributed by atoms with E-state index in [4.69, 9.17) is 0 Å². The van der Waals surface area contributed by atoms with E-state index < -0.39 is 0 Å². The number of ketones is 1. The third-order valence-electron chi connectivity index (χ3n) is 2.91. The molecule has 0 spiro atoms. The summed E-state index contributed by atoms with van der Waals surface area (Å²) in [6, 6.07) is 0. The van der Waals surface area contributed by atoms with Gasteiger partial charge in [0.1, 0.15) is 5.78 Å². The van der Waals surface area contributed by atoms with Crippen molar-refractivity contribution < 1.29 is 4.79 Å². The van der Waals surface area contributed by atoms with Crippen LogP contribution < -0.4 is 0 Å². The van der Waals surface area contributed by atoms with Gasteiger partial charge in [-0.1, -0.05) is 26.0 Å². The molecule has 0 bridgehead atoms. The molecule has 0 aliphatic heterocycles. The Bertz CT molecular complexity index is 211. The number of Topliss-reactive ketones (excluding diaryl/α,β-unsaturated/α-hetero) is 1. The number of hydrogen-bond donors (Lipinski definition) is 0. The van der Waals surface area contributed by atoms with Gasteiger partial charge in [-0.2, -0.15) is 0 Å². The molecular formula is C11H18O. The first-order chi connectivity index (χ1) is 5.26. The van der Waals surface area contributed by atoms with Crippen molar-refractivity contribution >= 4 is 5.78 Å². The third kappa shape index (κ3) is 1.45. The van der Waals surface area contributed by atoms with E-state index in [-0.39, 0.29) is 10.8 Å². The highest BCUT2D eigenvalue weighted by atomic mass is 16.1. The largest absolute Gasteiger partial charge is 0.299 e. The Hall–Kier alpha value is -0.590. The first-order valence-electron chi connectivity index (χ1n) is 4.47. The van der Waals surface area contributed by atoms with E-state index in [1.807, 2.05) is 13.8 Å². The minimum atomic E-state index is -0.282. The van der Waals surface area contributed by atoms with Gasteiger partial charge in [-0.25, -0.2) is 0 Å². The summed E-state index contributed by atoms with van der Waals surface area (Å²) < 4.78 is 0. The first kappa shape index (κ1) is 9.50. The topological polar surface area (TPSA) is 17.1 Å². The SMILES string of the molecule is C=C1CC(C)(C)CC(=O)C1(C)C. The maximum Gasteiger partial charge on any atom is 0.143 e. The summed E-state index contributed by atoms with van der Waals surface area (Å²) >= 11 is 0. The van der Waals surface area contributed by atoms with Crippen molar-refractivity contribution in [3.63, 3.8) is 0 Å². The number of carbonyl (C=O) groups is 1. The summed E-state index contributed by atoms with van der Waals surface area (Å²) in [5.41, 5.74) is 0.933. The zero-order chi connectivity index (χ0) is 9.57. The lowest BCUT2D eigenvalue weighted by molar-refractivity contribution is -0.129. The Balaban J connectivity index is 2.93. The molecular weight excluding hydrogens is 148 g/mol. The van der Waals surface area contributed by atoms with Crippen LogP contribution in [0.15, 0.2) is 12.2 Å². The van der Waals surface area contributed by atoms with E-state index in [2.05, 4.69) is 20.4 Å². The molecule has 0 saturated heterocycles. The normalized spacial score (nSPS) is 27.3. The summed E-state index contributed by atoms with van der Waals surface area (Å²) in [6.45, 7) is 12.2. The van der Waals surface area contributed by atoms with Gasteiger partial charge in [0.2, 0.25) is 0 Å². The molecule has 1 heteroatoms. The van der Waals surface area contributed by atoms with Crippen LogP contribution in [0, 0.1) is 10.8 Å². The van der Waals surface area contributed by atoms with Gasteiger partial charge in [-0.3, -0.25) is 4.79 Å². The fourth-order valence-corrected chi connectivity index (χ4v) is 1.71. The smallest absolute Gasteiger partial charge is 0.143 e. The second-order valence-electron chi connectivity index (χ2n) is 5.17. The first-order valence-corrected chi connectivity index (χ1v) is 4.47. The van der Waals surface area contributed by atoms with E-state index in [0.717, 1.165) is 12.0 Å². The summed E-state index contributed by atoms with van der Waals surface area (Å²) in [7, 11) is 0. The lowest BCUT2D eigenvalue weighted by Crippen LogP contribution is -2.37. The molecule has 0 radical (unpaired) electrons. The van der Waals surface area contributed by atoms with Crippen LogP contribution in [0.1, 0.15) is 40.5 Å². The monoisotopic (exact) mass is 166 g/mol. The highest BCUT2D eigenvalue weighted by Crippen LogP contribution is 2.44. The quantitative estimate of drug-likeness (QED) is 0.506. The zero-order valence-electron chi connectivity index (χ0n) is 8.53. The fraction of sp³-hybridized carbons (Fsp3) is 0.727. The molecule has 0 aromatic heterocycles. The van der Waals surface area contributed by atoms with Crippen LogP contribution in [0.3, 0.4) is 0 Å². The molecule has 0 unspecified atom stereocenters. The Morgan fingerprint density at radius 2 is 1.67 bits per heavy atom. The predicted molar refractivity (Wildman–Crippen MR) is 50.9 cm³/mol. The van der Waals surface area contributed by atoms with Crippen molar-refractivity contribution in [2.45, 2.75) is 40.5 Å². The van der Waals surface area contributed by atoms with Crippen LogP contribution in [0.4, 0.5) is 0 Å². The summed E-state index contributed by atoms with van der Waals surface area (Å²) in [6.07, 6.45) is 1.67. The summed E-state index contributed by atoms with van der Waals surface area (Å²) in [5.74, 6) is 0.337. The highest BCUT2D eigenvalue weighted by molar-refractivity contribution is 5.88. The Morgan fingerprint density at radius 1 is 1.17 bits per heavy atom. The van der Waals surface area contributed by atoms with Crippen molar-refractivity contribution in [1.82, 2.24) is 0 Å². The van der Waals surface area contributed by atoms with Gasteiger partial charge in [0.05, 0.1) is 0 Å². The van der Waals surface area contributed by atoms with Gasteiger partial charge in [0, 0.05) is 11.8 Å². The van der Waals surface area contributed by atoms with E-state index in [1.54, 1.807) is 0 Å². The van der Waals surface area contributed by atoms with Crippen molar-refractivity contribution in [1.29, 1.82) is 0 Å². The predicted octanol–water partition coefficient (Wildman–Crippen LogP) is 2.96. The summed E-state index contributed by atoms with van der Waals surface area (Å²) in [4.78, 5) is 11.7. The zero-order valence-corrected chi connectivity index (χ0v) is 8.53. The van der Waals surface area contributed by atoms with Crippen molar-refractivity contribution in [3.8, 4) is 0 Å². The van der Waals surface area contributed by atoms with Crippen LogP contribution in [0.5, 0.6) is 0 Å². The highest BCUT2D eigenvalue weighted by Gasteiger charge is 2.41. The number of allylic oxidation sites excluding steroid dienone is 1. The molecule has 0 heterocycles. The molecule has 1 nitrogen and oxygen atoms in total. The second kappa shape index (κ2) is 2.45. The minimum absolute atomic E-state index is 0.129. The maximum atomic E-state index is 11.7. The third-order valence-corrected chi connectivity index (χ3v) is 2.91. The lowest BCUT2D eigenvalue weighted by Gasteiger charge is -2.39. The van der Waals surface area contributed by atoms with Gasteiger partial charge >= 0.3 is 0 Å². The lowest BCUT2D eigenvalue weighted by atomic mass is 9.63. The standard InChI is InChI=1S/C11H18O/c1-8-6-10(2,3)7-9(12)11(8,4)5/h1,6-7H2,2-5H3. The van der Waals surface area contributed by atoms with Crippen LogP contribution in [-0.2, 0) is 4.79 Å². The van der Waals surface area contributed by atoms with Crippen LogP contribution in [0.2, 0.25) is 0 Å². The molecule has 1 aliphatic carbocycles. The van der Waals surface area contributed by atoms with Crippen molar-refractivity contribution in [3.05, 3.63) is 12.2 Å². The maximum absolute atomic E-state index is 11.7. The Kier molecular flexibility index (Phi) is 1.94. The molecule has 68 valence electrons. The summed E-state index contributed by atoms with van der Waals surface area (Å²) in [5, 5.41) is 0. The fourth-order valence-electron chi connectivity index (χ4n) is 1.71. The van der Waals surface area contributed by atoms with E-state index in [1.165, 1.54) is 0 Å². The molecule has 0 N–H and O–H groups in total. The molecule has 1 aliphatic rings. The van der Waals surface area contributed by atoms with E-state index >= 15 is 0 Å². The molecule has 0 aromatic carbocycles. The number of rotatable bonds is 0. The average molecular weight is 166 g/mol. The second-order valence-corrected chi connectivity index (χ2v) is 5.17. The van der Waals surface area contributed by atoms with Gasteiger partial charge in [-0.05, 0) is 25.7 Å².